The van der Waals surface area contributed by atoms with Crippen molar-refractivity contribution in [2.45, 2.75) is 30.1 Å². The van der Waals surface area contributed by atoms with E-state index in [-0.39, 0.29) is 18.0 Å². The molecule has 2 atom stereocenters. The number of carbonyl (C=O) groups is 3. The summed E-state index contributed by atoms with van der Waals surface area (Å²) < 4.78 is 9.67. The van der Waals surface area contributed by atoms with Crippen molar-refractivity contribution >= 4 is 33.7 Å². The Morgan fingerprint density at radius 3 is 2.90 bits per heavy atom. The van der Waals surface area contributed by atoms with Crippen LogP contribution < -0.4 is 5.32 Å². The fraction of sp³-hybridized carbons (Fsp3) is 0.462. The highest BCUT2D eigenvalue weighted by Gasteiger charge is 2.28. The molecule has 0 saturated carbocycles. The molecule has 6 nitrogen and oxygen atoms in total. The van der Waals surface area contributed by atoms with Crippen molar-refractivity contribution in [3.63, 3.8) is 0 Å². The molecule has 20 heavy (non-hydrogen) atoms. The van der Waals surface area contributed by atoms with Crippen molar-refractivity contribution in [3.05, 3.63) is 24.2 Å². The molecule has 0 radical (unpaired) electrons. The van der Waals surface area contributed by atoms with Crippen LogP contribution >= 0.6 is 15.9 Å². The van der Waals surface area contributed by atoms with Gasteiger partial charge in [0.05, 0.1) is 17.5 Å². The number of furan rings is 1. The quantitative estimate of drug-likeness (QED) is 0.377. The van der Waals surface area contributed by atoms with E-state index in [1.807, 2.05) is 0 Å². The van der Waals surface area contributed by atoms with Crippen LogP contribution in [0.25, 0.3) is 0 Å². The second-order valence-corrected chi connectivity index (χ2v) is 5.56. The predicted octanol–water partition coefficient (Wildman–Crippen LogP) is 1.44. The van der Waals surface area contributed by atoms with Crippen LogP contribution in [0, 0.1) is 0 Å². The minimum atomic E-state index is -0.773. The van der Waals surface area contributed by atoms with Gasteiger partial charge in [0.25, 0.3) is 0 Å². The van der Waals surface area contributed by atoms with Crippen LogP contribution in [-0.2, 0) is 14.3 Å². The number of hydrogen-bond acceptors (Lipinski definition) is 6. The van der Waals surface area contributed by atoms with Crippen LogP contribution in [0.15, 0.2) is 22.8 Å². The minimum Gasteiger partial charge on any atom is -0.461 e. The lowest BCUT2D eigenvalue weighted by Crippen LogP contribution is -2.34. The molecule has 1 N–H and O–H groups in total. The second kappa shape index (κ2) is 6.81. The zero-order valence-electron chi connectivity index (χ0n) is 10.6. The molecule has 0 aliphatic carbocycles. The van der Waals surface area contributed by atoms with Gasteiger partial charge in [-0.3, -0.25) is 9.59 Å². The first kappa shape index (κ1) is 14.9. The molecule has 7 heteroatoms. The Balaban J connectivity index is 1.81. The van der Waals surface area contributed by atoms with Gasteiger partial charge in [0.15, 0.2) is 5.76 Å². The number of carbonyl (C=O) groups excluding carboxylic acids is 3. The molecule has 1 unspecified atom stereocenters. The number of Topliss-reactive ketones (excluding diaryl/α,β-unsaturated/α-hetero) is 1. The van der Waals surface area contributed by atoms with E-state index in [9.17, 15) is 14.4 Å². The number of nitrogens with one attached hydrogen (secondary N) is 1. The predicted molar refractivity (Wildman–Crippen MR) is 72.5 cm³/mol. The Morgan fingerprint density at radius 2 is 2.30 bits per heavy atom. The Kier molecular flexibility index (Phi) is 5.08. The van der Waals surface area contributed by atoms with Gasteiger partial charge < -0.3 is 14.5 Å². The zero-order valence-corrected chi connectivity index (χ0v) is 12.2. The molecular formula is C13H14BrNO5. The largest absolute Gasteiger partial charge is 0.461 e. The minimum absolute atomic E-state index is 0.156. The first-order valence-electron chi connectivity index (χ1n) is 6.27. The fourth-order valence-corrected chi connectivity index (χ4v) is 2.41. The lowest BCUT2D eigenvalue weighted by Gasteiger charge is -2.10. The molecule has 0 amide bonds. The first-order valence-corrected chi connectivity index (χ1v) is 7.19. The van der Waals surface area contributed by atoms with Gasteiger partial charge in [-0.1, -0.05) is 15.9 Å². The molecule has 0 spiro atoms. The van der Waals surface area contributed by atoms with E-state index in [0.717, 1.165) is 13.0 Å². The maximum Gasteiger partial charge on any atom is 0.330 e. The Bertz CT molecular complexity index is 493. The topological polar surface area (TPSA) is 85.6 Å². The van der Waals surface area contributed by atoms with Gasteiger partial charge in [0.1, 0.15) is 6.04 Å². The molecule has 1 aliphatic rings. The summed E-state index contributed by atoms with van der Waals surface area (Å²) in [6, 6.07) is 2.67. The van der Waals surface area contributed by atoms with Crippen molar-refractivity contribution in [2.75, 3.05) is 6.54 Å². The third-order valence-corrected chi connectivity index (χ3v) is 3.69. The summed E-state index contributed by atoms with van der Waals surface area (Å²) in [5.74, 6) is -1.52. The molecule has 2 heterocycles. The van der Waals surface area contributed by atoms with Crippen molar-refractivity contribution in [2.24, 2.45) is 0 Å². The summed E-state index contributed by atoms with van der Waals surface area (Å²) in [5.41, 5.74) is 0. The number of halogens is 1. The molecule has 1 aromatic rings. The summed E-state index contributed by atoms with van der Waals surface area (Å²) in [6.07, 6.45) is 2.69. The maximum atomic E-state index is 11.8. The summed E-state index contributed by atoms with van der Waals surface area (Å²) >= 11 is 3.10. The van der Waals surface area contributed by atoms with Crippen molar-refractivity contribution in [1.29, 1.82) is 0 Å². The first-order chi connectivity index (χ1) is 9.58. The van der Waals surface area contributed by atoms with E-state index in [0.29, 0.717) is 6.42 Å². The summed E-state index contributed by atoms with van der Waals surface area (Å²) in [6.45, 7) is 0.742. The summed E-state index contributed by atoms with van der Waals surface area (Å²) in [4.78, 5) is 34.3. The summed E-state index contributed by atoms with van der Waals surface area (Å²) in [7, 11) is 0. The van der Waals surface area contributed by atoms with E-state index >= 15 is 0 Å². The molecule has 0 aromatic carbocycles. The van der Waals surface area contributed by atoms with Gasteiger partial charge in [-0.15, -0.1) is 0 Å². The zero-order chi connectivity index (χ0) is 14.5. The van der Waals surface area contributed by atoms with E-state index in [4.69, 9.17) is 9.15 Å². The highest BCUT2D eigenvalue weighted by atomic mass is 79.9. The Hall–Kier alpha value is -1.47. The van der Waals surface area contributed by atoms with Crippen LogP contribution in [0.5, 0.6) is 0 Å². The lowest BCUT2D eigenvalue weighted by molar-refractivity contribution is -0.160. The van der Waals surface area contributed by atoms with Crippen molar-refractivity contribution in [1.82, 2.24) is 5.32 Å². The van der Waals surface area contributed by atoms with E-state index in [1.54, 1.807) is 6.07 Å². The smallest absolute Gasteiger partial charge is 0.330 e. The number of ketones is 1. The number of ether oxygens (including phenoxy) is 1. The third kappa shape index (κ3) is 3.77. The van der Waals surface area contributed by atoms with Gasteiger partial charge in [-0.25, -0.2) is 4.79 Å². The van der Waals surface area contributed by atoms with Crippen molar-refractivity contribution in [3.8, 4) is 0 Å². The van der Waals surface area contributed by atoms with Crippen LogP contribution in [0.4, 0.5) is 0 Å². The van der Waals surface area contributed by atoms with E-state index < -0.39 is 22.8 Å². The van der Waals surface area contributed by atoms with Crippen LogP contribution in [-0.4, -0.2) is 35.1 Å². The van der Waals surface area contributed by atoms with Crippen molar-refractivity contribution < 1.29 is 23.5 Å². The van der Waals surface area contributed by atoms with Gasteiger partial charge in [-0.05, 0) is 31.5 Å². The molecule has 1 aliphatic heterocycles. The standard InChI is InChI=1S/C13H14BrNO5/c14-8(12(17)10-4-2-6-19-10)7-11(16)20-13(18)9-3-1-5-15-9/h2,4,6,8-9,15H,1,3,5,7H2/t8?,9-/m0/s1. The monoisotopic (exact) mass is 343 g/mol. The average molecular weight is 344 g/mol. The normalized spacial score (nSPS) is 19.6. The number of esters is 2. The van der Waals surface area contributed by atoms with Gasteiger partial charge in [0, 0.05) is 0 Å². The Labute approximate surface area is 124 Å². The molecule has 2 rings (SSSR count). The van der Waals surface area contributed by atoms with Crippen LogP contribution in [0.1, 0.15) is 29.8 Å². The summed E-state index contributed by atoms with van der Waals surface area (Å²) in [5, 5.41) is 2.94. The van der Waals surface area contributed by atoms with Gasteiger partial charge in [-0.2, -0.15) is 0 Å². The lowest BCUT2D eigenvalue weighted by atomic mass is 10.2. The molecule has 0 bridgehead atoms. The molecule has 1 aromatic heterocycles. The third-order valence-electron chi connectivity index (χ3n) is 2.95. The molecule has 1 saturated heterocycles. The fourth-order valence-electron chi connectivity index (χ4n) is 1.92. The van der Waals surface area contributed by atoms with Crippen LogP contribution in [0.3, 0.4) is 0 Å². The Morgan fingerprint density at radius 1 is 1.50 bits per heavy atom. The molecule has 1 fully saturated rings. The highest BCUT2D eigenvalue weighted by Crippen LogP contribution is 2.15. The highest BCUT2D eigenvalue weighted by molar-refractivity contribution is 9.10. The van der Waals surface area contributed by atoms with Crippen LogP contribution in [0.2, 0.25) is 0 Å². The van der Waals surface area contributed by atoms with Gasteiger partial charge >= 0.3 is 11.9 Å². The second-order valence-electron chi connectivity index (χ2n) is 4.46. The van der Waals surface area contributed by atoms with Gasteiger partial charge in [0.2, 0.25) is 5.78 Å². The molecule has 108 valence electrons. The average Bonchev–Trinajstić information content (AvgIpc) is 3.10. The maximum absolute atomic E-state index is 11.8. The number of alkyl halides is 1. The van der Waals surface area contributed by atoms with E-state index in [1.165, 1.54) is 12.3 Å². The molecular weight excluding hydrogens is 330 g/mol. The SMILES string of the molecule is O=C(CC(Br)C(=O)c1ccco1)OC(=O)[C@@H]1CCCN1. The number of hydrogen-bond donors (Lipinski definition) is 1. The van der Waals surface area contributed by atoms with E-state index in [2.05, 4.69) is 21.2 Å². The number of rotatable bonds is 5.